The number of fused-ring (bicyclic) bond motifs is 1. The zero-order valence-electron chi connectivity index (χ0n) is 14.4. The molecule has 0 saturated carbocycles. The molecule has 26 heavy (non-hydrogen) atoms. The molecule has 0 bridgehead atoms. The number of carbonyl (C=O) groups is 1. The second-order valence-electron chi connectivity index (χ2n) is 6.33. The molecule has 128 valence electrons. The summed E-state index contributed by atoms with van der Waals surface area (Å²) in [6, 6.07) is 24.3. The number of benzene rings is 3. The van der Waals surface area contributed by atoms with E-state index in [0.717, 1.165) is 27.6 Å². The minimum atomic E-state index is -1.00. The Morgan fingerprint density at radius 2 is 1.65 bits per heavy atom. The van der Waals surface area contributed by atoms with E-state index in [-0.39, 0.29) is 5.69 Å². The van der Waals surface area contributed by atoms with E-state index in [1.807, 2.05) is 55.5 Å². The Labute approximate surface area is 151 Å². The van der Waals surface area contributed by atoms with Crippen LogP contribution in [0.3, 0.4) is 0 Å². The smallest absolute Gasteiger partial charge is 0.356 e. The van der Waals surface area contributed by atoms with Crippen molar-refractivity contribution in [2.75, 3.05) is 0 Å². The molecule has 0 aliphatic heterocycles. The number of rotatable bonds is 4. The Morgan fingerprint density at radius 3 is 2.38 bits per heavy atom. The van der Waals surface area contributed by atoms with Gasteiger partial charge < -0.3 is 5.11 Å². The van der Waals surface area contributed by atoms with E-state index >= 15 is 0 Å². The lowest BCUT2D eigenvalue weighted by Crippen LogP contribution is -2.05. The van der Waals surface area contributed by atoms with Crippen molar-refractivity contribution in [1.82, 2.24) is 9.78 Å². The summed E-state index contributed by atoms with van der Waals surface area (Å²) >= 11 is 0. The van der Waals surface area contributed by atoms with Crippen molar-refractivity contribution in [3.8, 4) is 11.3 Å². The Balaban J connectivity index is 1.88. The maximum absolute atomic E-state index is 11.6. The monoisotopic (exact) mass is 342 g/mol. The van der Waals surface area contributed by atoms with Crippen LogP contribution in [0.4, 0.5) is 0 Å². The van der Waals surface area contributed by atoms with E-state index in [1.165, 1.54) is 0 Å². The fourth-order valence-corrected chi connectivity index (χ4v) is 3.33. The van der Waals surface area contributed by atoms with E-state index in [9.17, 15) is 9.90 Å². The van der Waals surface area contributed by atoms with E-state index in [2.05, 4.69) is 29.4 Å². The van der Waals surface area contributed by atoms with Crippen LogP contribution in [-0.2, 0) is 6.54 Å². The van der Waals surface area contributed by atoms with Gasteiger partial charge in [0.2, 0.25) is 0 Å². The van der Waals surface area contributed by atoms with Crippen molar-refractivity contribution >= 4 is 16.7 Å². The third-order valence-electron chi connectivity index (χ3n) is 4.59. The van der Waals surface area contributed by atoms with Crippen LogP contribution >= 0.6 is 0 Å². The third-order valence-corrected chi connectivity index (χ3v) is 4.59. The van der Waals surface area contributed by atoms with Crippen molar-refractivity contribution in [2.24, 2.45) is 0 Å². The van der Waals surface area contributed by atoms with E-state index in [0.29, 0.717) is 12.1 Å². The van der Waals surface area contributed by atoms with Gasteiger partial charge >= 0.3 is 5.97 Å². The van der Waals surface area contributed by atoms with Gasteiger partial charge in [-0.3, -0.25) is 4.68 Å². The first kappa shape index (κ1) is 16.1. The number of hydrogen-bond acceptors (Lipinski definition) is 2. The van der Waals surface area contributed by atoms with Gasteiger partial charge in [0.05, 0.1) is 12.2 Å². The molecule has 1 heterocycles. The molecule has 0 unspecified atom stereocenters. The van der Waals surface area contributed by atoms with Gasteiger partial charge in [0.1, 0.15) is 0 Å². The SMILES string of the molecule is Cc1c(C(=O)O)nn(Cc2ccccc2)c1-c1ccc2ccccc2c1. The summed E-state index contributed by atoms with van der Waals surface area (Å²) in [5.41, 5.74) is 3.68. The lowest BCUT2D eigenvalue weighted by Gasteiger charge is -2.10. The third kappa shape index (κ3) is 2.86. The Kier molecular flexibility index (Phi) is 4.01. The number of carboxylic acid groups (broad SMARTS) is 1. The second kappa shape index (κ2) is 6.48. The van der Waals surface area contributed by atoms with Gasteiger partial charge in [-0.1, -0.05) is 66.7 Å². The summed E-state index contributed by atoms with van der Waals surface area (Å²) in [5, 5.41) is 16.2. The summed E-state index contributed by atoms with van der Waals surface area (Å²) in [7, 11) is 0. The molecule has 3 aromatic carbocycles. The quantitative estimate of drug-likeness (QED) is 0.582. The molecule has 4 aromatic rings. The zero-order chi connectivity index (χ0) is 18.1. The van der Waals surface area contributed by atoms with Crippen LogP contribution in [0.5, 0.6) is 0 Å². The summed E-state index contributed by atoms with van der Waals surface area (Å²) in [6.07, 6.45) is 0. The highest BCUT2D eigenvalue weighted by atomic mass is 16.4. The fourth-order valence-electron chi connectivity index (χ4n) is 3.33. The highest BCUT2D eigenvalue weighted by Crippen LogP contribution is 2.29. The largest absolute Gasteiger partial charge is 0.476 e. The van der Waals surface area contributed by atoms with Crippen LogP contribution in [0.2, 0.25) is 0 Å². The number of nitrogens with zero attached hydrogens (tertiary/aromatic N) is 2. The van der Waals surface area contributed by atoms with Gasteiger partial charge in [-0.05, 0) is 29.3 Å². The minimum Gasteiger partial charge on any atom is -0.476 e. The first-order chi connectivity index (χ1) is 12.6. The maximum atomic E-state index is 11.6. The van der Waals surface area contributed by atoms with Gasteiger partial charge in [0.25, 0.3) is 0 Å². The predicted octanol–water partition coefficient (Wildman–Crippen LogP) is 4.76. The van der Waals surface area contributed by atoms with Crippen LogP contribution in [0.25, 0.3) is 22.0 Å². The van der Waals surface area contributed by atoms with E-state index in [4.69, 9.17) is 0 Å². The van der Waals surface area contributed by atoms with Crippen LogP contribution in [0.1, 0.15) is 21.6 Å². The van der Waals surface area contributed by atoms with Crippen molar-refractivity contribution in [3.05, 3.63) is 89.6 Å². The first-order valence-electron chi connectivity index (χ1n) is 8.47. The molecular formula is C22H18N2O2. The zero-order valence-corrected chi connectivity index (χ0v) is 14.4. The molecule has 4 nitrogen and oxygen atoms in total. The van der Waals surface area contributed by atoms with Crippen LogP contribution in [-0.4, -0.2) is 20.9 Å². The lowest BCUT2D eigenvalue weighted by atomic mass is 10.0. The molecule has 4 heteroatoms. The summed E-state index contributed by atoms with van der Waals surface area (Å²) in [4.78, 5) is 11.6. The lowest BCUT2D eigenvalue weighted by molar-refractivity contribution is 0.0688. The van der Waals surface area contributed by atoms with Gasteiger partial charge in [0.15, 0.2) is 5.69 Å². The van der Waals surface area contributed by atoms with Crippen molar-refractivity contribution in [3.63, 3.8) is 0 Å². The minimum absolute atomic E-state index is 0.101. The fraction of sp³-hybridized carbons (Fsp3) is 0.0909. The van der Waals surface area contributed by atoms with E-state index < -0.39 is 5.97 Å². The highest BCUT2D eigenvalue weighted by molar-refractivity contribution is 5.91. The molecule has 0 saturated heterocycles. The Bertz CT molecular complexity index is 1100. The molecule has 1 aromatic heterocycles. The molecule has 0 spiro atoms. The van der Waals surface area contributed by atoms with Crippen molar-refractivity contribution in [1.29, 1.82) is 0 Å². The van der Waals surface area contributed by atoms with Crippen molar-refractivity contribution < 1.29 is 9.90 Å². The number of hydrogen-bond donors (Lipinski definition) is 1. The Hall–Kier alpha value is -3.40. The molecule has 0 radical (unpaired) electrons. The van der Waals surface area contributed by atoms with Crippen LogP contribution in [0, 0.1) is 6.92 Å². The highest BCUT2D eigenvalue weighted by Gasteiger charge is 2.20. The summed E-state index contributed by atoms with van der Waals surface area (Å²) in [5.74, 6) is -1.00. The predicted molar refractivity (Wildman–Crippen MR) is 102 cm³/mol. The number of aromatic nitrogens is 2. The molecule has 0 aliphatic carbocycles. The molecule has 4 rings (SSSR count). The molecule has 0 aliphatic rings. The standard InChI is InChI=1S/C22H18N2O2/c1-15-20(22(25)26)23-24(14-16-7-3-2-4-8-16)21(15)19-12-11-17-9-5-6-10-18(17)13-19/h2-13H,14H2,1H3,(H,25,26). The van der Waals surface area contributed by atoms with Gasteiger partial charge in [-0.25, -0.2) is 4.79 Å². The van der Waals surface area contributed by atoms with Crippen LogP contribution in [0.15, 0.2) is 72.8 Å². The topological polar surface area (TPSA) is 55.1 Å². The average molecular weight is 342 g/mol. The summed E-state index contributed by atoms with van der Waals surface area (Å²) < 4.78 is 1.79. The molecule has 0 amide bonds. The van der Waals surface area contributed by atoms with Gasteiger partial charge in [0, 0.05) is 11.1 Å². The van der Waals surface area contributed by atoms with Crippen molar-refractivity contribution in [2.45, 2.75) is 13.5 Å². The molecule has 0 atom stereocenters. The number of carboxylic acids is 1. The van der Waals surface area contributed by atoms with E-state index in [1.54, 1.807) is 4.68 Å². The first-order valence-corrected chi connectivity index (χ1v) is 8.47. The average Bonchev–Trinajstić information content (AvgIpc) is 2.98. The normalized spacial score (nSPS) is 11.0. The maximum Gasteiger partial charge on any atom is 0.356 e. The Morgan fingerprint density at radius 1 is 0.962 bits per heavy atom. The van der Waals surface area contributed by atoms with Gasteiger partial charge in [-0.2, -0.15) is 5.10 Å². The molecule has 1 N–H and O–H groups in total. The molecule has 0 fully saturated rings. The van der Waals surface area contributed by atoms with Gasteiger partial charge in [-0.15, -0.1) is 0 Å². The van der Waals surface area contributed by atoms with Crippen LogP contribution < -0.4 is 0 Å². The molecular weight excluding hydrogens is 324 g/mol. The number of aromatic carboxylic acids is 1. The summed E-state index contributed by atoms with van der Waals surface area (Å²) in [6.45, 7) is 2.35. The second-order valence-corrected chi connectivity index (χ2v) is 6.33.